The second-order valence-electron chi connectivity index (χ2n) is 7.10. The molecule has 1 saturated carbocycles. The molecule has 2 heteroatoms. The zero-order chi connectivity index (χ0) is 15.2. The van der Waals surface area contributed by atoms with Crippen molar-refractivity contribution in [2.75, 3.05) is 13.1 Å². The van der Waals surface area contributed by atoms with Crippen LogP contribution in [-0.2, 0) is 0 Å². The smallest absolute Gasteiger partial charge is 0.0266 e. The van der Waals surface area contributed by atoms with Gasteiger partial charge in [0.25, 0.3) is 0 Å². The predicted octanol–water partition coefficient (Wildman–Crippen LogP) is 6.18. The molecule has 1 N–H and O–H groups in total. The standard InChI is InChI=1S/C19H39NO/c1-2-3-4-5-6-7-8-9-10-14-17-20(21)18-19-15-12-11-13-16-19/h19,21H,2-18H2,1H3. The summed E-state index contributed by atoms with van der Waals surface area (Å²) in [5.41, 5.74) is 0. The van der Waals surface area contributed by atoms with E-state index >= 15 is 0 Å². The van der Waals surface area contributed by atoms with Gasteiger partial charge in [-0.3, -0.25) is 0 Å². The minimum Gasteiger partial charge on any atom is -0.314 e. The molecule has 0 unspecified atom stereocenters. The van der Waals surface area contributed by atoms with Crippen LogP contribution in [-0.4, -0.2) is 23.4 Å². The van der Waals surface area contributed by atoms with Crippen LogP contribution in [0.3, 0.4) is 0 Å². The van der Waals surface area contributed by atoms with Gasteiger partial charge in [-0.1, -0.05) is 84.0 Å². The zero-order valence-corrected chi connectivity index (χ0v) is 14.5. The number of hydroxylamine groups is 2. The highest BCUT2D eigenvalue weighted by molar-refractivity contribution is 4.67. The first-order valence-electron chi connectivity index (χ1n) is 9.76. The second kappa shape index (κ2) is 13.6. The molecule has 0 radical (unpaired) electrons. The summed E-state index contributed by atoms with van der Waals surface area (Å²) in [7, 11) is 0. The lowest BCUT2D eigenvalue weighted by molar-refractivity contribution is -0.105. The van der Waals surface area contributed by atoms with Gasteiger partial charge in [0.15, 0.2) is 0 Å². The molecule has 0 spiro atoms. The molecule has 0 aromatic rings. The average molecular weight is 298 g/mol. The van der Waals surface area contributed by atoms with E-state index in [4.69, 9.17) is 0 Å². The topological polar surface area (TPSA) is 23.5 Å². The quantitative estimate of drug-likeness (QED) is 0.324. The van der Waals surface area contributed by atoms with Crippen LogP contribution >= 0.6 is 0 Å². The van der Waals surface area contributed by atoms with Gasteiger partial charge >= 0.3 is 0 Å². The Balaban J connectivity index is 1.80. The summed E-state index contributed by atoms with van der Waals surface area (Å²) < 4.78 is 0. The van der Waals surface area contributed by atoms with Crippen molar-refractivity contribution in [1.29, 1.82) is 0 Å². The lowest BCUT2D eigenvalue weighted by atomic mass is 9.89. The van der Waals surface area contributed by atoms with Gasteiger partial charge in [0, 0.05) is 13.1 Å². The largest absolute Gasteiger partial charge is 0.314 e. The van der Waals surface area contributed by atoms with E-state index in [-0.39, 0.29) is 0 Å². The Morgan fingerprint density at radius 3 is 1.86 bits per heavy atom. The van der Waals surface area contributed by atoms with E-state index in [0.29, 0.717) is 0 Å². The van der Waals surface area contributed by atoms with E-state index in [1.807, 2.05) is 0 Å². The number of nitrogens with zero attached hydrogens (tertiary/aromatic N) is 1. The van der Waals surface area contributed by atoms with E-state index < -0.39 is 0 Å². The summed E-state index contributed by atoms with van der Waals surface area (Å²) in [4.78, 5) is 0. The Hall–Kier alpha value is -0.0800. The maximum atomic E-state index is 9.96. The molecular formula is C19H39NO. The average Bonchev–Trinajstić information content (AvgIpc) is 2.50. The molecule has 0 saturated heterocycles. The first kappa shape index (κ1) is 19.0. The van der Waals surface area contributed by atoms with Crippen LogP contribution in [0.4, 0.5) is 0 Å². The van der Waals surface area contributed by atoms with Crippen LogP contribution in [0.15, 0.2) is 0 Å². The Morgan fingerprint density at radius 2 is 1.29 bits per heavy atom. The monoisotopic (exact) mass is 297 g/mol. The van der Waals surface area contributed by atoms with Crippen molar-refractivity contribution >= 4 is 0 Å². The summed E-state index contributed by atoms with van der Waals surface area (Å²) in [6.07, 6.45) is 20.4. The van der Waals surface area contributed by atoms with Gasteiger partial charge in [-0.25, -0.2) is 0 Å². The van der Waals surface area contributed by atoms with E-state index in [0.717, 1.165) is 19.0 Å². The number of unbranched alkanes of at least 4 members (excludes halogenated alkanes) is 9. The molecule has 0 heterocycles. The van der Waals surface area contributed by atoms with Gasteiger partial charge in [0.2, 0.25) is 0 Å². The molecule has 0 atom stereocenters. The Labute approximate surface area is 133 Å². The van der Waals surface area contributed by atoms with Crippen LogP contribution < -0.4 is 0 Å². The predicted molar refractivity (Wildman–Crippen MR) is 91.8 cm³/mol. The van der Waals surface area contributed by atoms with Crippen LogP contribution in [0.2, 0.25) is 0 Å². The van der Waals surface area contributed by atoms with E-state index in [1.54, 1.807) is 5.06 Å². The molecule has 1 aliphatic carbocycles. The van der Waals surface area contributed by atoms with Crippen molar-refractivity contribution in [1.82, 2.24) is 5.06 Å². The van der Waals surface area contributed by atoms with Crippen molar-refractivity contribution in [3.63, 3.8) is 0 Å². The maximum absolute atomic E-state index is 9.96. The summed E-state index contributed by atoms with van der Waals surface area (Å²) >= 11 is 0. The summed E-state index contributed by atoms with van der Waals surface area (Å²) in [6.45, 7) is 4.07. The van der Waals surface area contributed by atoms with Crippen LogP contribution in [0.1, 0.15) is 103 Å². The van der Waals surface area contributed by atoms with Crippen molar-refractivity contribution < 1.29 is 5.21 Å². The van der Waals surface area contributed by atoms with E-state index in [2.05, 4.69) is 6.92 Å². The lowest BCUT2D eigenvalue weighted by Gasteiger charge is -2.25. The van der Waals surface area contributed by atoms with Gasteiger partial charge in [-0.05, 0) is 25.2 Å². The maximum Gasteiger partial charge on any atom is 0.0266 e. The molecule has 1 aliphatic rings. The number of hydrogen-bond acceptors (Lipinski definition) is 2. The second-order valence-corrected chi connectivity index (χ2v) is 7.10. The van der Waals surface area contributed by atoms with Crippen LogP contribution in [0.5, 0.6) is 0 Å². The fourth-order valence-electron chi connectivity index (χ4n) is 3.54. The molecule has 0 bridgehead atoms. The Bertz CT molecular complexity index is 214. The van der Waals surface area contributed by atoms with Crippen molar-refractivity contribution in [2.24, 2.45) is 5.92 Å². The zero-order valence-electron chi connectivity index (χ0n) is 14.5. The minimum absolute atomic E-state index is 0.756. The molecule has 126 valence electrons. The van der Waals surface area contributed by atoms with Gasteiger partial charge in [0.05, 0.1) is 0 Å². The molecule has 0 amide bonds. The minimum atomic E-state index is 0.756. The first-order chi connectivity index (χ1) is 10.3. The molecular weight excluding hydrogens is 258 g/mol. The molecule has 0 aliphatic heterocycles. The highest BCUT2D eigenvalue weighted by Gasteiger charge is 2.15. The molecule has 2 nitrogen and oxygen atoms in total. The van der Waals surface area contributed by atoms with Gasteiger partial charge in [-0.15, -0.1) is 0 Å². The number of hydrogen-bond donors (Lipinski definition) is 1. The van der Waals surface area contributed by atoms with E-state index in [9.17, 15) is 5.21 Å². The third-order valence-electron chi connectivity index (χ3n) is 4.96. The third kappa shape index (κ3) is 11.2. The van der Waals surface area contributed by atoms with Crippen molar-refractivity contribution in [3.05, 3.63) is 0 Å². The van der Waals surface area contributed by atoms with Crippen LogP contribution in [0.25, 0.3) is 0 Å². The van der Waals surface area contributed by atoms with Crippen molar-refractivity contribution in [3.8, 4) is 0 Å². The Morgan fingerprint density at radius 1 is 0.762 bits per heavy atom. The first-order valence-corrected chi connectivity index (χ1v) is 9.76. The van der Waals surface area contributed by atoms with Gasteiger partial charge in [-0.2, -0.15) is 5.06 Å². The molecule has 0 aromatic heterocycles. The Kier molecular flexibility index (Phi) is 12.3. The molecule has 0 aromatic carbocycles. The normalized spacial score (nSPS) is 16.7. The molecule has 1 fully saturated rings. The SMILES string of the molecule is CCCCCCCCCCCCN(O)CC1CCCCC1. The summed E-state index contributed by atoms with van der Waals surface area (Å²) in [6, 6.07) is 0. The molecule has 21 heavy (non-hydrogen) atoms. The fraction of sp³-hybridized carbons (Fsp3) is 1.00. The van der Waals surface area contributed by atoms with Crippen LogP contribution in [0, 0.1) is 5.92 Å². The fourth-order valence-corrected chi connectivity index (χ4v) is 3.54. The summed E-state index contributed by atoms with van der Waals surface area (Å²) in [5.74, 6) is 0.756. The molecule has 1 rings (SSSR count). The lowest BCUT2D eigenvalue weighted by Crippen LogP contribution is -2.28. The highest BCUT2D eigenvalue weighted by Crippen LogP contribution is 2.24. The van der Waals surface area contributed by atoms with Gasteiger partial charge < -0.3 is 5.21 Å². The number of rotatable bonds is 13. The van der Waals surface area contributed by atoms with Crippen molar-refractivity contribution in [2.45, 2.75) is 103 Å². The third-order valence-corrected chi connectivity index (χ3v) is 4.96. The summed E-state index contributed by atoms with van der Waals surface area (Å²) in [5, 5.41) is 11.6. The highest BCUT2D eigenvalue weighted by atomic mass is 16.5. The van der Waals surface area contributed by atoms with Gasteiger partial charge in [0.1, 0.15) is 0 Å². The van der Waals surface area contributed by atoms with E-state index in [1.165, 1.54) is 96.3 Å².